The molecule has 0 atom stereocenters. The Balaban J connectivity index is 1.98. The summed E-state index contributed by atoms with van der Waals surface area (Å²) in [7, 11) is 0. The lowest BCUT2D eigenvalue weighted by molar-refractivity contribution is 0.0984. The molecule has 2 aromatic rings. The number of ketones is 1. The average molecular weight is 315 g/mol. The minimum atomic E-state index is -0.0965. The van der Waals surface area contributed by atoms with E-state index in [4.69, 9.17) is 11.6 Å². The van der Waals surface area contributed by atoms with Gasteiger partial charge in [0.05, 0.1) is 11.9 Å². The molecule has 5 heteroatoms. The number of halogens is 1. The lowest BCUT2D eigenvalue weighted by Crippen LogP contribution is -2.35. The third kappa shape index (κ3) is 2.74. The zero-order valence-corrected chi connectivity index (χ0v) is 12.9. The first-order valence-electron chi connectivity index (χ1n) is 7.13. The normalized spacial score (nSPS) is 13.6. The van der Waals surface area contributed by atoms with Crippen LogP contribution >= 0.6 is 11.6 Å². The van der Waals surface area contributed by atoms with Gasteiger partial charge in [0.1, 0.15) is 5.69 Å². The monoisotopic (exact) mass is 314 g/mol. The van der Waals surface area contributed by atoms with Gasteiger partial charge < -0.3 is 4.90 Å². The van der Waals surface area contributed by atoms with Crippen molar-refractivity contribution in [3.63, 3.8) is 0 Å². The number of pyridine rings is 1. The van der Waals surface area contributed by atoms with Crippen LogP contribution in [-0.2, 0) is 6.42 Å². The molecular formula is C17H15ClN2O2. The zero-order valence-electron chi connectivity index (χ0n) is 12.2. The molecule has 3 rings (SSSR count). The van der Waals surface area contributed by atoms with Crippen molar-refractivity contribution >= 4 is 29.0 Å². The maximum atomic E-state index is 12.7. The second-order valence-electron chi connectivity index (χ2n) is 5.33. The third-order valence-electron chi connectivity index (χ3n) is 3.76. The molecule has 0 fully saturated rings. The summed E-state index contributed by atoms with van der Waals surface area (Å²) in [6.45, 7) is 2.13. The van der Waals surface area contributed by atoms with Gasteiger partial charge in [-0.2, -0.15) is 0 Å². The summed E-state index contributed by atoms with van der Waals surface area (Å²) in [5.41, 5.74) is 2.76. The van der Waals surface area contributed by atoms with Crippen LogP contribution in [0.3, 0.4) is 0 Å². The van der Waals surface area contributed by atoms with Crippen LogP contribution in [0.25, 0.3) is 0 Å². The van der Waals surface area contributed by atoms with E-state index in [1.54, 1.807) is 41.4 Å². The van der Waals surface area contributed by atoms with Gasteiger partial charge in [-0.25, -0.2) is 0 Å². The van der Waals surface area contributed by atoms with E-state index in [0.717, 1.165) is 24.1 Å². The van der Waals surface area contributed by atoms with Gasteiger partial charge in [-0.1, -0.05) is 17.7 Å². The molecule has 1 aliphatic rings. The summed E-state index contributed by atoms with van der Waals surface area (Å²) >= 11 is 5.96. The molecule has 1 aliphatic heterocycles. The highest BCUT2D eigenvalue weighted by Gasteiger charge is 2.24. The highest BCUT2D eigenvalue weighted by molar-refractivity contribution is 6.31. The van der Waals surface area contributed by atoms with Crippen LogP contribution < -0.4 is 4.90 Å². The van der Waals surface area contributed by atoms with Gasteiger partial charge in [-0.3, -0.25) is 14.6 Å². The fourth-order valence-corrected chi connectivity index (χ4v) is 2.85. The van der Waals surface area contributed by atoms with E-state index in [1.807, 2.05) is 0 Å². The van der Waals surface area contributed by atoms with Crippen molar-refractivity contribution in [1.82, 2.24) is 4.98 Å². The minimum absolute atomic E-state index is 0.0684. The first-order chi connectivity index (χ1) is 10.6. The second kappa shape index (κ2) is 5.89. The first kappa shape index (κ1) is 14.7. The molecule has 0 N–H and O–H groups in total. The van der Waals surface area contributed by atoms with E-state index >= 15 is 0 Å². The maximum Gasteiger partial charge on any atom is 0.258 e. The van der Waals surface area contributed by atoms with Crippen molar-refractivity contribution in [2.75, 3.05) is 11.4 Å². The van der Waals surface area contributed by atoms with Crippen LogP contribution in [0, 0.1) is 0 Å². The number of hydrogen-bond acceptors (Lipinski definition) is 3. The number of benzene rings is 1. The molecule has 0 radical (unpaired) electrons. The maximum absolute atomic E-state index is 12.7. The average Bonchev–Trinajstić information content (AvgIpc) is 2.53. The zero-order chi connectivity index (χ0) is 15.7. The Labute approximate surface area is 133 Å². The van der Waals surface area contributed by atoms with Crippen molar-refractivity contribution in [3.8, 4) is 0 Å². The van der Waals surface area contributed by atoms with E-state index in [2.05, 4.69) is 4.98 Å². The van der Waals surface area contributed by atoms with E-state index in [-0.39, 0.29) is 11.7 Å². The predicted molar refractivity (Wildman–Crippen MR) is 85.7 cm³/mol. The molecule has 0 aliphatic carbocycles. The Kier molecular flexibility index (Phi) is 3.94. The van der Waals surface area contributed by atoms with Crippen molar-refractivity contribution in [1.29, 1.82) is 0 Å². The fraction of sp³-hybridized carbons (Fsp3) is 0.235. The van der Waals surface area contributed by atoms with E-state index in [9.17, 15) is 9.59 Å². The Bertz CT molecular complexity index is 758. The van der Waals surface area contributed by atoms with Gasteiger partial charge in [0.2, 0.25) is 0 Å². The molecule has 0 unspecified atom stereocenters. The van der Waals surface area contributed by atoms with Crippen LogP contribution in [-0.4, -0.2) is 23.2 Å². The molecular weight excluding hydrogens is 300 g/mol. The lowest BCUT2D eigenvalue weighted by atomic mass is 10.0. The van der Waals surface area contributed by atoms with E-state index in [0.29, 0.717) is 22.8 Å². The highest BCUT2D eigenvalue weighted by atomic mass is 35.5. The van der Waals surface area contributed by atoms with Crippen LogP contribution in [0.4, 0.5) is 5.69 Å². The van der Waals surface area contributed by atoms with Crippen LogP contribution in [0.2, 0.25) is 5.02 Å². The Morgan fingerprint density at radius 1 is 1.27 bits per heavy atom. The van der Waals surface area contributed by atoms with Gasteiger partial charge in [0.15, 0.2) is 5.78 Å². The van der Waals surface area contributed by atoms with Crippen molar-refractivity contribution < 1.29 is 9.59 Å². The molecule has 2 heterocycles. The van der Waals surface area contributed by atoms with Gasteiger partial charge in [-0.15, -0.1) is 0 Å². The van der Waals surface area contributed by atoms with Gasteiger partial charge in [0, 0.05) is 24.1 Å². The molecule has 4 nitrogen and oxygen atoms in total. The number of aromatic nitrogens is 1. The van der Waals surface area contributed by atoms with Gasteiger partial charge in [0.25, 0.3) is 5.91 Å². The summed E-state index contributed by atoms with van der Waals surface area (Å²) < 4.78 is 0. The third-order valence-corrected chi connectivity index (χ3v) is 4.00. The second-order valence-corrected chi connectivity index (χ2v) is 5.76. The number of aryl methyl sites for hydroxylation is 1. The van der Waals surface area contributed by atoms with Crippen molar-refractivity contribution in [3.05, 3.63) is 58.4 Å². The van der Waals surface area contributed by atoms with Crippen LogP contribution in [0.15, 0.2) is 36.5 Å². The van der Waals surface area contributed by atoms with Crippen LogP contribution in [0.5, 0.6) is 0 Å². The van der Waals surface area contributed by atoms with E-state index in [1.165, 1.54) is 6.92 Å². The number of anilines is 1. The summed E-state index contributed by atoms with van der Waals surface area (Å²) in [4.78, 5) is 30.0. The summed E-state index contributed by atoms with van der Waals surface area (Å²) in [6.07, 6.45) is 3.33. The quantitative estimate of drug-likeness (QED) is 0.797. The number of rotatable bonds is 2. The first-order valence-corrected chi connectivity index (χ1v) is 7.51. The SMILES string of the molecule is CC(=O)c1cc2c(cn1)N(C(=O)c1cccc(Cl)c1)CCC2. The van der Waals surface area contributed by atoms with E-state index < -0.39 is 0 Å². The topological polar surface area (TPSA) is 50.3 Å². The van der Waals surface area contributed by atoms with Crippen molar-refractivity contribution in [2.24, 2.45) is 0 Å². The molecule has 1 aromatic carbocycles. The van der Waals surface area contributed by atoms with Crippen molar-refractivity contribution in [2.45, 2.75) is 19.8 Å². The summed E-state index contributed by atoms with van der Waals surface area (Å²) in [5, 5.41) is 0.535. The smallest absolute Gasteiger partial charge is 0.258 e. The number of nitrogens with zero attached hydrogens (tertiary/aromatic N) is 2. The molecule has 22 heavy (non-hydrogen) atoms. The summed E-state index contributed by atoms with van der Waals surface area (Å²) in [5.74, 6) is -0.165. The summed E-state index contributed by atoms with van der Waals surface area (Å²) in [6, 6.07) is 8.70. The number of amides is 1. The molecule has 1 amide bonds. The van der Waals surface area contributed by atoms with Crippen LogP contribution in [0.1, 0.15) is 39.8 Å². The lowest BCUT2D eigenvalue weighted by Gasteiger charge is -2.29. The molecule has 0 saturated carbocycles. The molecule has 1 aromatic heterocycles. The fourth-order valence-electron chi connectivity index (χ4n) is 2.66. The Morgan fingerprint density at radius 3 is 2.82 bits per heavy atom. The molecule has 0 bridgehead atoms. The molecule has 0 spiro atoms. The number of carbonyl (C=O) groups is 2. The number of carbonyl (C=O) groups excluding carboxylic acids is 2. The van der Waals surface area contributed by atoms with Gasteiger partial charge in [-0.05, 0) is 42.7 Å². The Hall–Kier alpha value is -2.20. The predicted octanol–water partition coefficient (Wildman–Crippen LogP) is 3.53. The number of Topliss-reactive ketones (excluding diaryl/α,β-unsaturated/α-hetero) is 1. The number of fused-ring (bicyclic) bond motifs is 1. The highest BCUT2D eigenvalue weighted by Crippen LogP contribution is 2.28. The standard InChI is InChI=1S/C17H15ClN2O2/c1-11(21)15-9-12-5-3-7-20(16(12)10-19-15)17(22)13-4-2-6-14(18)8-13/h2,4,6,8-10H,3,5,7H2,1H3. The Morgan fingerprint density at radius 2 is 2.09 bits per heavy atom. The number of hydrogen-bond donors (Lipinski definition) is 0. The van der Waals surface area contributed by atoms with Gasteiger partial charge >= 0.3 is 0 Å². The minimum Gasteiger partial charge on any atom is -0.307 e. The molecule has 0 saturated heterocycles. The molecule has 112 valence electrons. The largest absolute Gasteiger partial charge is 0.307 e.